The number of rotatable bonds is 1. The maximum atomic E-state index is 12.0. The van der Waals surface area contributed by atoms with Crippen molar-refractivity contribution in [3.05, 3.63) is 0 Å². The second-order valence-corrected chi connectivity index (χ2v) is 9.76. The Morgan fingerprint density at radius 2 is 1.84 bits per heavy atom. The van der Waals surface area contributed by atoms with Crippen molar-refractivity contribution in [3.63, 3.8) is 0 Å². The summed E-state index contributed by atoms with van der Waals surface area (Å²) in [7, 11) is 0. The lowest BCUT2D eigenvalue weighted by atomic mass is 9.44. The van der Waals surface area contributed by atoms with E-state index in [2.05, 4.69) is 13.8 Å². The van der Waals surface area contributed by atoms with E-state index >= 15 is 0 Å². The fourth-order valence-corrected chi connectivity index (χ4v) is 7.36. The highest BCUT2D eigenvalue weighted by Gasteiger charge is 2.63. The van der Waals surface area contributed by atoms with Crippen molar-refractivity contribution in [1.82, 2.24) is 0 Å². The van der Waals surface area contributed by atoms with Gasteiger partial charge in [0.2, 0.25) is 0 Å². The summed E-state index contributed by atoms with van der Waals surface area (Å²) in [4.78, 5) is 23.5. The third-order valence-corrected chi connectivity index (χ3v) is 8.72. The third kappa shape index (κ3) is 2.50. The summed E-state index contributed by atoms with van der Waals surface area (Å²) in [5.74, 6) is 1.78. The van der Waals surface area contributed by atoms with Gasteiger partial charge in [-0.2, -0.15) is 0 Å². The molecule has 0 spiro atoms. The molecular formula is C21H32O4. The van der Waals surface area contributed by atoms with Crippen LogP contribution in [0.25, 0.3) is 0 Å². The highest BCUT2D eigenvalue weighted by molar-refractivity contribution is 5.79. The fraction of sp³-hybridized carbons (Fsp3) is 0.905. The van der Waals surface area contributed by atoms with Crippen LogP contribution in [0, 0.1) is 34.5 Å². The largest absolute Gasteiger partial charge is 0.462 e. The van der Waals surface area contributed by atoms with Crippen LogP contribution >= 0.6 is 0 Å². The van der Waals surface area contributed by atoms with Crippen molar-refractivity contribution in [2.45, 2.75) is 84.3 Å². The zero-order valence-electron chi connectivity index (χ0n) is 15.8. The molecule has 0 unspecified atom stereocenters. The van der Waals surface area contributed by atoms with Crippen molar-refractivity contribution in [2.75, 3.05) is 0 Å². The van der Waals surface area contributed by atoms with Gasteiger partial charge in [-0.25, -0.2) is 0 Å². The number of esters is 1. The van der Waals surface area contributed by atoms with E-state index in [1.165, 1.54) is 6.92 Å². The average Bonchev–Trinajstić information content (AvgIpc) is 2.85. The van der Waals surface area contributed by atoms with Crippen LogP contribution in [0.4, 0.5) is 0 Å². The van der Waals surface area contributed by atoms with Gasteiger partial charge in [-0.15, -0.1) is 0 Å². The minimum atomic E-state index is -0.310. The van der Waals surface area contributed by atoms with Gasteiger partial charge in [-0.05, 0) is 67.6 Å². The van der Waals surface area contributed by atoms with E-state index < -0.39 is 0 Å². The lowest BCUT2D eigenvalue weighted by molar-refractivity contribution is -0.179. The molecule has 4 aliphatic rings. The Hall–Kier alpha value is -0.900. The van der Waals surface area contributed by atoms with Crippen LogP contribution in [0.2, 0.25) is 0 Å². The van der Waals surface area contributed by atoms with Crippen molar-refractivity contribution in [1.29, 1.82) is 0 Å². The molecule has 1 N–H and O–H groups in total. The van der Waals surface area contributed by atoms with Crippen LogP contribution in [0.15, 0.2) is 0 Å². The Balaban J connectivity index is 1.63. The summed E-state index contributed by atoms with van der Waals surface area (Å²) >= 11 is 0. The third-order valence-electron chi connectivity index (χ3n) is 8.72. The molecule has 25 heavy (non-hydrogen) atoms. The van der Waals surface area contributed by atoms with Crippen LogP contribution in [-0.4, -0.2) is 29.1 Å². The second-order valence-electron chi connectivity index (χ2n) is 9.76. The minimum Gasteiger partial charge on any atom is -0.462 e. The Kier molecular flexibility index (Phi) is 4.06. The van der Waals surface area contributed by atoms with Gasteiger partial charge in [-0.1, -0.05) is 13.8 Å². The highest BCUT2D eigenvalue weighted by atomic mass is 16.5. The van der Waals surface area contributed by atoms with Crippen molar-refractivity contribution in [3.8, 4) is 0 Å². The topological polar surface area (TPSA) is 63.6 Å². The van der Waals surface area contributed by atoms with Crippen LogP contribution < -0.4 is 0 Å². The predicted octanol–water partition coefficient (Wildman–Crippen LogP) is 3.50. The maximum absolute atomic E-state index is 12.0. The van der Waals surface area contributed by atoms with Gasteiger partial charge in [0, 0.05) is 25.2 Å². The predicted molar refractivity (Wildman–Crippen MR) is 93.7 cm³/mol. The molecular weight excluding hydrogens is 316 g/mol. The molecule has 4 rings (SSSR count). The van der Waals surface area contributed by atoms with Crippen LogP contribution in [0.1, 0.15) is 72.1 Å². The van der Waals surface area contributed by atoms with Gasteiger partial charge in [0.25, 0.3) is 0 Å². The number of Topliss-reactive ketones (excluding diaryl/α,β-unsaturated/α-hetero) is 1. The number of ether oxygens (including phenoxy) is 1. The molecule has 140 valence electrons. The van der Waals surface area contributed by atoms with Crippen molar-refractivity contribution < 1.29 is 19.4 Å². The summed E-state index contributed by atoms with van der Waals surface area (Å²) < 4.78 is 5.68. The first-order valence-electron chi connectivity index (χ1n) is 10.1. The first-order valence-corrected chi connectivity index (χ1v) is 10.1. The van der Waals surface area contributed by atoms with Crippen molar-refractivity contribution in [2.24, 2.45) is 34.5 Å². The quantitative estimate of drug-likeness (QED) is 0.737. The summed E-state index contributed by atoms with van der Waals surface area (Å²) in [6.07, 6.45) is 6.96. The number of hydrogen-bond acceptors (Lipinski definition) is 4. The van der Waals surface area contributed by atoms with E-state index in [0.29, 0.717) is 42.3 Å². The van der Waals surface area contributed by atoms with Gasteiger partial charge in [-0.3, -0.25) is 9.59 Å². The second kappa shape index (κ2) is 5.80. The van der Waals surface area contributed by atoms with E-state index in [0.717, 1.165) is 38.5 Å². The molecule has 0 heterocycles. The molecule has 4 fully saturated rings. The lowest BCUT2D eigenvalue weighted by Gasteiger charge is -2.61. The highest BCUT2D eigenvalue weighted by Crippen LogP contribution is 2.66. The molecule has 0 bridgehead atoms. The summed E-state index contributed by atoms with van der Waals surface area (Å²) in [6.45, 7) is 6.16. The first-order chi connectivity index (χ1) is 11.8. The molecule has 0 saturated heterocycles. The zero-order valence-corrected chi connectivity index (χ0v) is 15.8. The fourth-order valence-electron chi connectivity index (χ4n) is 7.36. The minimum absolute atomic E-state index is 0.00149. The monoisotopic (exact) mass is 348 g/mol. The van der Waals surface area contributed by atoms with E-state index in [9.17, 15) is 14.7 Å². The number of carbonyl (C=O) groups is 2. The Bertz CT molecular complexity index is 586. The van der Waals surface area contributed by atoms with Gasteiger partial charge >= 0.3 is 5.97 Å². The first kappa shape index (κ1) is 17.5. The number of aliphatic hydroxyl groups excluding tert-OH is 1. The summed E-state index contributed by atoms with van der Waals surface area (Å²) in [5, 5.41) is 11.1. The lowest BCUT2D eigenvalue weighted by Crippen LogP contribution is -2.58. The van der Waals surface area contributed by atoms with Crippen LogP contribution in [0.5, 0.6) is 0 Å². The zero-order chi connectivity index (χ0) is 18.0. The average molecular weight is 348 g/mol. The molecule has 0 aromatic heterocycles. The van der Waals surface area contributed by atoms with Crippen LogP contribution in [-0.2, 0) is 14.3 Å². The van der Waals surface area contributed by atoms with Gasteiger partial charge < -0.3 is 9.84 Å². The smallest absolute Gasteiger partial charge is 0.302 e. The van der Waals surface area contributed by atoms with Gasteiger partial charge in [0.05, 0.1) is 6.10 Å². The molecule has 0 radical (unpaired) electrons. The molecule has 0 aromatic rings. The van der Waals surface area contributed by atoms with Gasteiger partial charge in [0.1, 0.15) is 11.9 Å². The van der Waals surface area contributed by atoms with E-state index in [4.69, 9.17) is 4.74 Å². The molecule has 4 nitrogen and oxygen atoms in total. The number of aliphatic hydroxyl groups is 1. The maximum Gasteiger partial charge on any atom is 0.302 e. The number of hydrogen-bond donors (Lipinski definition) is 1. The molecule has 0 aliphatic heterocycles. The Morgan fingerprint density at radius 3 is 2.56 bits per heavy atom. The molecule has 4 saturated carbocycles. The Morgan fingerprint density at radius 1 is 1.12 bits per heavy atom. The summed E-state index contributed by atoms with van der Waals surface area (Å²) in [6, 6.07) is 0. The number of ketones is 1. The number of fused-ring (bicyclic) bond motifs is 5. The van der Waals surface area contributed by atoms with E-state index in [-0.39, 0.29) is 29.0 Å². The molecule has 0 aromatic carbocycles. The SMILES string of the molecule is CC(=O)O[C@H]1CC[C@H]2[C@@H]3[C@@H](O)C[C@H]4CC(=O)CC[C@]4(C)[C@H]3CC[C@]12C. The van der Waals surface area contributed by atoms with Crippen molar-refractivity contribution >= 4 is 11.8 Å². The molecule has 4 heteroatoms. The van der Waals surface area contributed by atoms with E-state index in [1.54, 1.807) is 0 Å². The van der Waals surface area contributed by atoms with E-state index in [1.807, 2.05) is 0 Å². The molecule has 4 aliphatic carbocycles. The standard InChI is InChI=1S/C21H32O4/c1-12(22)25-18-5-4-15-19-16(7-9-21(15,18)3)20(2)8-6-14(23)10-13(20)11-17(19)24/h13,15-19,24H,4-11H2,1-3H3/t13-,15+,16+,17+,18+,19+,20+,21+/m1/s1. The van der Waals surface area contributed by atoms with Crippen LogP contribution in [0.3, 0.4) is 0 Å². The van der Waals surface area contributed by atoms with Gasteiger partial charge in [0.15, 0.2) is 0 Å². The molecule has 8 atom stereocenters. The number of carbonyl (C=O) groups excluding carboxylic acids is 2. The Labute approximate surface area is 150 Å². The molecule has 0 amide bonds. The normalized spacial score (nSPS) is 52.1. The summed E-state index contributed by atoms with van der Waals surface area (Å²) in [5.41, 5.74) is 0.195.